The minimum absolute atomic E-state index is 0.187. The zero-order chi connectivity index (χ0) is 27.6. The number of benzene rings is 3. The van der Waals surface area contributed by atoms with Crippen molar-refractivity contribution < 1.29 is 34.8 Å². The molecule has 8 nitrogen and oxygen atoms in total. The Bertz CT molecular complexity index is 1490. The molecule has 3 aromatic rings. The Kier molecular flexibility index (Phi) is 7.89. The van der Waals surface area contributed by atoms with Gasteiger partial charge in [0.2, 0.25) is 15.9 Å². The van der Waals surface area contributed by atoms with Gasteiger partial charge in [-0.15, -0.1) is 0 Å². The first kappa shape index (κ1) is 28.0. The first-order valence-electron chi connectivity index (χ1n) is 10.7. The molecule has 2 N–H and O–H groups in total. The van der Waals surface area contributed by atoms with E-state index in [2.05, 4.69) is 10.0 Å². The Morgan fingerprint density at radius 1 is 0.892 bits per heavy atom. The molecule has 0 radical (unpaired) electrons. The maximum Gasteiger partial charge on any atom is 0.416 e. The van der Waals surface area contributed by atoms with E-state index >= 15 is 0 Å². The average Bonchev–Trinajstić information content (AvgIpc) is 2.79. The highest BCUT2D eigenvalue weighted by Crippen LogP contribution is 2.31. The third-order valence-corrected chi connectivity index (χ3v) is 7.89. The van der Waals surface area contributed by atoms with E-state index < -0.39 is 43.7 Å². The largest absolute Gasteiger partial charge is 0.416 e. The van der Waals surface area contributed by atoms with Crippen LogP contribution in [0.3, 0.4) is 0 Å². The van der Waals surface area contributed by atoms with Gasteiger partial charge in [-0.05, 0) is 68.4 Å². The highest BCUT2D eigenvalue weighted by atomic mass is 32.2. The van der Waals surface area contributed by atoms with Gasteiger partial charge in [-0.3, -0.25) is 13.8 Å². The van der Waals surface area contributed by atoms with Crippen LogP contribution in [0.25, 0.3) is 0 Å². The van der Waals surface area contributed by atoms with E-state index in [1.807, 2.05) is 6.92 Å². The van der Waals surface area contributed by atoms with Gasteiger partial charge in [0.05, 0.1) is 22.4 Å². The summed E-state index contributed by atoms with van der Waals surface area (Å²) in [6, 6.07) is 14.1. The molecule has 0 aliphatic heterocycles. The predicted molar refractivity (Wildman–Crippen MR) is 135 cm³/mol. The second-order valence-corrected chi connectivity index (χ2v) is 11.8. The molecule has 13 heteroatoms. The van der Waals surface area contributed by atoms with Crippen molar-refractivity contribution in [3.8, 4) is 0 Å². The highest BCUT2D eigenvalue weighted by molar-refractivity contribution is 7.92. The number of halogens is 3. The number of carbonyl (C=O) groups is 1. The third-order valence-electron chi connectivity index (χ3n) is 5.25. The quantitative estimate of drug-likeness (QED) is 0.422. The lowest BCUT2D eigenvalue weighted by atomic mass is 10.2. The number of amides is 1. The number of rotatable bonds is 8. The van der Waals surface area contributed by atoms with Crippen molar-refractivity contribution in [3.63, 3.8) is 0 Å². The molecule has 0 aliphatic carbocycles. The summed E-state index contributed by atoms with van der Waals surface area (Å²) in [4.78, 5) is 12.6. The number of alkyl halides is 3. The number of sulfonamides is 2. The molecule has 1 atom stereocenters. The number of carbonyl (C=O) groups excluding carboxylic acids is 1. The van der Waals surface area contributed by atoms with Crippen molar-refractivity contribution in [1.29, 1.82) is 0 Å². The minimum Gasteiger partial charge on any atom is -0.324 e. The molecule has 0 heterocycles. The van der Waals surface area contributed by atoms with Gasteiger partial charge in [0, 0.05) is 11.4 Å². The fourth-order valence-corrected chi connectivity index (χ4v) is 5.66. The summed E-state index contributed by atoms with van der Waals surface area (Å²) in [5.41, 5.74) is 0.128. The summed E-state index contributed by atoms with van der Waals surface area (Å²) in [5.74, 6) is -0.663. The molecule has 37 heavy (non-hydrogen) atoms. The molecule has 1 amide bonds. The van der Waals surface area contributed by atoms with Gasteiger partial charge in [-0.2, -0.15) is 13.2 Å². The SMILES string of the molecule is Cc1ccc(N([C@@H](C)C(=O)Nc2ccc(S(=O)(=O)Nc3cccc(C(F)(F)F)c3)cc2)S(C)(=O)=O)cc1. The summed E-state index contributed by atoms with van der Waals surface area (Å²) in [7, 11) is -8.05. The zero-order valence-electron chi connectivity index (χ0n) is 19.9. The molecule has 0 unspecified atom stereocenters. The average molecular weight is 556 g/mol. The van der Waals surface area contributed by atoms with Crippen molar-refractivity contribution in [3.05, 3.63) is 83.9 Å². The van der Waals surface area contributed by atoms with Crippen molar-refractivity contribution in [1.82, 2.24) is 0 Å². The monoisotopic (exact) mass is 555 g/mol. The van der Waals surface area contributed by atoms with E-state index in [9.17, 15) is 34.8 Å². The molecule has 0 saturated carbocycles. The molecule has 0 fully saturated rings. The maximum absolute atomic E-state index is 12.9. The summed E-state index contributed by atoms with van der Waals surface area (Å²) in [5, 5.41) is 2.54. The Morgan fingerprint density at radius 2 is 1.49 bits per heavy atom. The summed E-state index contributed by atoms with van der Waals surface area (Å²) in [6.07, 6.45) is -3.65. The van der Waals surface area contributed by atoms with Crippen LogP contribution in [-0.2, 0) is 31.0 Å². The van der Waals surface area contributed by atoms with E-state index in [-0.39, 0.29) is 16.3 Å². The highest BCUT2D eigenvalue weighted by Gasteiger charge is 2.31. The Balaban J connectivity index is 1.76. The van der Waals surface area contributed by atoms with Gasteiger partial charge in [-0.25, -0.2) is 16.8 Å². The first-order chi connectivity index (χ1) is 17.1. The topological polar surface area (TPSA) is 113 Å². The standard InChI is InChI=1S/C24H24F3N3O5S2/c1-16-7-11-21(12-8-16)30(36(3,32)33)17(2)23(31)28-19-9-13-22(14-10-19)37(34,35)29-20-6-4-5-18(15-20)24(25,26)27/h4-15,17,29H,1-3H3,(H,28,31)/t17-/m0/s1. The van der Waals surface area contributed by atoms with E-state index in [0.717, 1.165) is 40.4 Å². The normalized spacial score (nSPS) is 13.0. The van der Waals surface area contributed by atoms with Crippen molar-refractivity contribution in [2.24, 2.45) is 0 Å². The van der Waals surface area contributed by atoms with Crippen LogP contribution in [0, 0.1) is 6.92 Å². The summed E-state index contributed by atoms with van der Waals surface area (Å²) >= 11 is 0. The van der Waals surface area contributed by atoms with Crippen molar-refractivity contribution in [2.75, 3.05) is 20.6 Å². The fourth-order valence-electron chi connectivity index (χ4n) is 3.44. The molecule has 0 bridgehead atoms. The van der Waals surface area contributed by atoms with Crippen LogP contribution in [-0.4, -0.2) is 35.0 Å². The number of hydrogen-bond acceptors (Lipinski definition) is 5. The summed E-state index contributed by atoms with van der Waals surface area (Å²) in [6.45, 7) is 3.25. The predicted octanol–water partition coefficient (Wildman–Crippen LogP) is 4.61. The second kappa shape index (κ2) is 10.4. The van der Waals surface area contributed by atoms with Crippen LogP contribution in [0.15, 0.2) is 77.7 Å². The van der Waals surface area contributed by atoms with Gasteiger partial charge in [0.1, 0.15) is 6.04 Å². The van der Waals surface area contributed by atoms with Gasteiger partial charge in [0.15, 0.2) is 0 Å². The van der Waals surface area contributed by atoms with Crippen LogP contribution in [0.1, 0.15) is 18.1 Å². The molecular formula is C24H24F3N3O5S2. The summed E-state index contributed by atoms with van der Waals surface area (Å²) < 4.78 is 91.9. The van der Waals surface area contributed by atoms with Crippen LogP contribution in [0.4, 0.5) is 30.2 Å². The van der Waals surface area contributed by atoms with E-state index in [1.54, 1.807) is 24.3 Å². The van der Waals surface area contributed by atoms with Gasteiger partial charge < -0.3 is 5.32 Å². The lowest BCUT2D eigenvalue weighted by Gasteiger charge is -2.28. The van der Waals surface area contributed by atoms with Crippen LogP contribution >= 0.6 is 0 Å². The lowest BCUT2D eigenvalue weighted by molar-refractivity contribution is -0.137. The van der Waals surface area contributed by atoms with E-state index in [4.69, 9.17) is 0 Å². The van der Waals surface area contributed by atoms with Crippen LogP contribution < -0.4 is 14.3 Å². The van der Waals surface area contributed by atoms with E-state index in [1.165, 1.54) is 25.1 Å². The molecular weight excluding hydrogens is 531 g/mol. The van der Waals surface area contributed by atoms with Crippen LogP contribution in [0.5, 0.6) is 0 Å². The Hall–Kier alpha value is -3.58. The first-order valence-corrected chi connectivity index (χ1v) is 14.1. The number of nitrogens with one attached hydrogen (secondary N) is 2. The molecule has 198 valence electrons. The minimum atomic E-state index is -4.63. The van der Waals surface area contributed by atoms with Gasteiger partial charge in [0.25, 0.3) is 10.0 Å². The molecule has 3 rings (SSSR count). The smallest absolute Gasteiger partial charge is 0.324 e. The van der Waals surface area contributed by atoms with Crippen molar-refractivity contribution in [2.45, 2.75) is 31.0 Å². The molecule has 0 saturated heterocycles. The number of aryl methyl sites for hydroxylation is 1. The molecule has 0 aliphatic rings. The lowest BCUT2D eigenvalue weighted by Crippen LogP contribution is -2.45. The Morgan fingerprint density at radius 3 is 2.03 bits per heavy atom. The molecule has 0 aromatic heterocycles. The van der Waals surface area contributed by atoms with Crippen molar-refractivity contribution >= 4 is 43.0 Å². The zero-order valence-corrected chi connectivity index (χ0v) is 21.6. The van der Waals surface area contributed by atoms with Crippen LogP contribution in [0.2, 0.25) is 0 Å². The third kappa shape index (κ3) is 7.01. The van der Waals surface area contributed by atoms with Gasteiger partial charge in [-0.1, -0.05) is 23.8 Å². The number of nitrogens with zero attached hydrogens (tertiary/aromatic N) is 1. The second-order valence-electron chi connectivity index (χ2n) is 8.27. The van der Waals surface area contributed by atoms with E-state index in [0.29, 0.717) is 11.8 Å². The van der Waals surface area contributed by atoms with Gasteiger partial charge >= 0.3 is 6.18 Å². The number of anilines is 3. The molecule has 0 spiro atoms. The fraction of sp³-hybridized carbons (Fsp3) is 0.208. The Labute approximate surface area is 213 Å². The molecule has 3 aromatic carbocycles. The maximum atomic E-state index is 12.9. The number of hydrogen-bond donors (Lipinski definition) is 2.